The molecule has 4 nitrogen and oxygen atoms in total. The van der Waals surface area contributed by atoms with Crippen molar-refractivity contribution in [3.05, 3.63) is 16.8 Å². The fourth-order valence-electron chi connectivity index (χ4n) is 1.78. The Morgan fingerprint density at radius 1 is 1.47 bits per heavy atom. The summed E-state index contributed by atoms with van der Waals surface area (Å²) in [5.74, 6) is 0.0452. The second kappa shape index (κ2) is 5.88. The van der Waals surface area contributed by atoms with Gasteiger partial charge in [0, 0.05) is 16.8 Å². The maximum absolute atomic E-state index is 11.8. The molecule has 0 aliphatic heterocycles. The highest BCUT2D eigenvalue weighted by Gasteiger charge is 2.18. The summed E-state index contributed by atoms with van der Waals surface area (Å²) in [6.07, 6.45) is 1.57. The normalized spacial score (nSPS) is 12.6. The van der Waals surface area contributed by atoms with Crippen LogP contribution in [-0.2, 0) is 4.79 Å². The van der Waals surface area contributed by atoms with Crippen LogP contribution >= 0.6 is 23.1 Å². The van der Waals surface area contributed by atoms with E-state index in [0.717, 1.165) is 15.2 Å². The van der Waals surface area contributed by atoms with Crippen molar-refractivity contribution in [2.45, 2.75) is 38.0 Å². The van der Waals surface area contributed by atoms with Crippen molar-refractivity contribution in [1.29, 1.82) is 0 Å². The van der Waals surface area contributed by atoms with Crippen molar-refractivity contribution < 1.29 is 4.79 Å². The van der Waals surface area contributed by atoms with Crippen molar-refractivity contribution in [1.82, 2.24) is 15.3 Å². The van der Waals surface area contributed by atoms with E-state index in [1.807, 2.05) is 13.8 Å². The van der Waals surface area contributed by atoms with Crippen LogP contribution in [0.15, 0.2) is 11.4 Å². The predicted octanol–water partition coefficient (Wildman–Crippen LogP) is 2.92. The SMILES string of the molecule is CCNC(=O)[C@H](C)Sc1ncnc2sc(C)c(C)c12. The van der Waals surface area contributed by atoms with Gasteiger partial charge in [-0.2, -0.15) is 0 Å². The van der Waals surface area contributed by atoms with E-state index in [4.69, 9.17) is 0 Å². The molecule has 2 aromatic rings. The lowest BCUT2D eigenvalue weighted by Crippen LogP contribution is -2.30. The molecule has 1 N–H and O–H groups in total. The molecule has 0 saturated heterocycles. The second-order valence-electron chi connectivity index (χ2n) is 4.30. The molecule has 2 rings (SSSR count). The molecule has 0 aliphatic rings. The van der Waals surface area contributed by atoms with Crippen LogP contribution in [0, 0.1) is 13.8 Å². The molecule has 1 amide bonds. The monoisotopic (exact) mass is 295 g/mol. The number of nitrogens with one attached hydrogen (secondary N) is 1. The summed E-state index contributed by atoms with van der Waals surface area (Å²) < 4.78 is 0. The van der Waals surface area contributed by atoms with Crippen molar-refractivity contribution in [2.75, 3.05) is 6.54 Å². The van der Waals surface area contributed by atoms with Crippen LogP contribution in [0.3, 0.4) is 0 Å². The van der Waals surface area contributed by atoms with Crippen LogP contribution in [0.4, 0.5) is 0 Å². The summed E-state index contributed by atoms with van der Waals surface area (Å²) >= 11 is 3.17. The molecule has 2 aromatic heterocycles. The lowest BCUT2D eigenvalue weighted by Gasteiger charge is -2.10. The van der Waals surface area contributed by atoms with E-state index >= 15 is 0 Å². The molecule has 0 radical (unpaired) electrons. The predicted molar refractivity (Wildman–Crippen MR) is 80.9 cm³/mol. The van der Waals surface area contributed by atoms with Crippen LogP contribution in [-0.4, -0.2) is 27.7 Å². The highest BCUT2D eigenvalue weighted by atomic mass is 32.2. The standard InChI is InChI=1S/C13H17N3OS2/c1-5-14-11(17)9(4)19-13-10-7(2)8(3)18-12(10)15-6-16-13/h6,9H,5H2,1-4H3,(H,14,17)/t9-/m0/s1. The summed E-state index contributed by atoms with van der Waals surface area (Å²) in [5.41, 5.74) is 1.21. The maximum Gasteiger partial charge on any atom is 0.233 e. The van der Waals surface area contributed by atoms with Crippen LogP contribution in [0.1, 0.15) is 24.3 Å². The van der Waals surface area contributed by atoms with E-state index in [-0.39, 0.29) is 11.2 Å². The Hall–Kier alpha value is -1.14. The Bertz CT molecular complexity index is 609. The van der Waals surface area contributed by atoms with Crippen molar-refractivity contribution in [3.63, 3.8) is 0 Å². The number of thioether (sulfide) groups is 1. The number of carbonyl (C=O) groups excluding carboxylic acids is 1. The first-order valence-electron chi connectivity index (χ1n) is 6.19. The van der Waals surface area contributed by atoms with Gasteiger partial charge in [-0.05, 0) is 33.3 Å². The molecule has 102 valence electrons. The van der Waals surface area contributed by atoms with Gasteiger partial charge >= 0.3 is 0 Å². The molecule has 0 aromatic carbocycles. The molecule has 0 saturated carbocycles. The highest BCUT2D eigenvalue weighted by Crippen LogP contribution is 2.35. The minimum Gasteiger partial charge on any atom is -0.355 e. The summed E-state index contributed by atoms with van der Waals surface area (Å²) in [7, 11) is 0. The first-order valence-corrected chi connectivity index (χ1v) is 7.89. The Morgan fingerprint density at radius 3 is 2.89 bits per heavy atom. The van der Waals surface area contributed by atoms with Gasteiger partial charge in [0.25, 0.3) is 0 Å². The second-order valence-corrected chi connectivity index (χ2v) is 6.83. The van der Waals surface area contributed by atoms with Crippen LogP contribution in [0.5, 0.6) is 0 Å². The van der Waals surface area contributed by atoms with Gasteiger partial charge < -0.3 is 5.32 Å². The van der Waals surface area contributed by atoms with Crippen LogP contribution in [0.25, 0.3) is 10.2 Å². The van der Waals surface area contributed by atoms with E-state index in [1.54, 1.807) is 17.7 Å². The number of hydrogen-bond donors (Lipinski definition) is 1. The average molecular weight is 295 g/mol. The number of nitrogens with zero attached hydrogens (tertiary/aromatic N) is 2. The number of carbonyl (C=O) groups is 1. The van der Waals surface area contributed by atoms with E-state index < -0.39 is 0 Å². The number of aryl methyl sites for hydroxylation is 2. The van der Waals surface area contributed by atoms with Gasteiger partial charge in [-0.1, -0.05) is 11.8 Å². The van der Waals surface area contributed by atoms with Gasteiger partial charge in [0.05, 0.1) is 5.25 Å². The van der Waals surface area contributed by atoms with Gasteiger partial charge in [-0.15, -0.1) is 11.3 Å². The number of aromatic nitrogens is 2. The quantitative estimate of drug-likeness (QED) is 0.696. The van der Waals surface area contributed by atoms with E-state index in [9.17, 15) is 4.79 Å². The number of amides is 1. The molecule has 0 spiro atoms. The van der Waals surface area contributed by atoms with Crippen molar-refractivity contribution in [2.24, 2.45) is 0 Å². The smallest absolute Gasteiger partial charge is 0.233 e. The molecule has 6 heteroatoms. The Kier molecular flexibility index (Phi) is 4.42. The minimum atomic E-state index is -0.155. The number of fused-ring (bicyclic) bond motifs is 1. The summed E-state index contributed by atoms with van der Waals surface area (Å²) in [6, 6.07) is 0. The van der Waals surface area contributed by atoms with Gasteiger partial charge in [-0.3, -0.25) is 4.79 Å². The first-order chi connectivity index (χ1) is 9.04. The fourth-order valence-corrected chi connectivity index (χ4v) is 3.84. The average Bonchev–Trinajstić information content (AvgIpc) is 2.66. The number of rotatable bonds is 4. The number of hydrogen-bond acceptors (Lipinski definition) is 5. The molecular weight excluding hydrogens is 278 g/mol. The Morgan fingerprint density at radius 2 is 2.21 bits per heavy atom. The van der Waals surface area contributed by atoms with Crippen molar-refractivity contribution in [3.8, 4) is 0 Å². The van der Waals surface area contributed by atoms with Crippen LogP contribution in [0.2, 0.25) is 0 Å². The van der Waals surface area contributed by atoms with E-state index in [2.05, 4.69) is 29.1 Å². The zero-order chi connectivity index (χ0) is 14.0. The lowest BCUT2D eigenvalue weighted by atomic mass is 10.2. The minimum absolute atomic E-state index is 0.0452. The molecular formula is C13H17N3OS2. The summed E-state index contributed by atoms with van der Waals surface area (Å²) in [6.45, 7) is 8.64. The third-order valence-electron chi connectivity index (χ3n) is 2.94. The molecule has 0 bridgehead atoms. The first kappa shape index (κ1) is 14.3. The van der Waals surface area contributed by atoms with E-state index in [1.165, 1.54) is 22.2 Å². The fraction of sp³-hybridized carbons (Fsp3) is 0.462. The van der Waals surface area contributed by atoms with Crippen LogP contribution < -0.4 is 5.32 Å². The topological polar surface area (TPSA) is 54.9 Å². The Balaban J connectivity index is 2.33. The molecule has 0 unspecified atom stereocenters. The molecule has 1 atom stereocenters. The zero-order valence-corrected chi connectivity index (χ0v) is 13.1. The molecule has 0 aliphatic carbocycles. The molecule has 2 heterocycles. The van der Waals surface area contributed by atoms with Crippen molar-refractivity contribution >= 4 is 39.2 Å². The maximum atomic E-state index is 11.8. The third kappa shape index (κ3) is 2.90. The molecule has 19 heavy (non-hydrogen) atoms. The summed E-state index contributed by atoms with van der Waals surface area (Å²) in [5, 5.41) is 4.66. The number of thiophene rings is 1. The van der Waals surface area contributed by atoms with Gasteiger partial charge in [-0.25, -0.2) is 9.97 Å². The largest absolute Gasteiger partial charge is 0.355 e. The van der Waals surface area contributed by atoms with E-state index in [0.29, 0.717) is 6.54 Å². The highest BCUT2D eigenvalue weighted by molar-refractivity contribution is 8.00. The van der Waals surface area contributed by atoms with Gasteiger partial charge in [0.1, 0.15) is 16.2 Å². The zero-order valence-electron chi connectivity index (χ0n) is 11.5. The Labute approximate surface area is 121 Å². The summed E-state index contributed by atoms with van der Waals surface area (Å²) in [4.78, 5) is 22.7. The third-order valence-corrected chi connectivity index (χ3v) is 5.15. The lowest BCUT2D eigenvalue weighted by molar-refractivity contribution is -0.120. The van der Waals surface area contributed by atoms with Gasteiger partial charge in [0.15, 0.2) is 0 Å². The van der Waals surface area contributed by atoms with Gasteiger partial charge in [0.2, 0.25) is 5.91 Å². The molecule has 0 fully saturated rings.